The van der Waals surface area contributed by atoms with Crippen molar-refractivity contribution >= 4 is 21.6 Å². The van der Waals surface area contributed by atoms with Crippen LogP contribution in [0, 0.1) is 0 Å². The number of hydrogen-bond donors (Lipinski definition) is 0. The Kier molecular flexibility index (Phi) is 9.62. The topological polar surface area (TPSA) is 55.4 Å². The summed E-state index contributed by atoms with van der Waals surface area (Å²) in [6.07, 6.45) is 0. The first-order chi connectivity index (χ1) is 8.57. The zero-order chi connectivity index (χ0) is 14.1. The predicted molar refractivity (Wildman–Crippen MR) is 72.4 cm³/mol. The minimum atomic E-state index is -1.03. The lowest BCUT2D eigenvalue weighted by atomic mass is 10.6. The molecule has 0 spiro atoms. The second-order valence-corrected chi connectivity index (χ2v) is 5.58. The van der Waals surface area contributed by atoms with E-state index in [9.17, 15) is 0 Å². The van der Waals surface area contributed by atoms with Crippen LogP contribution in [0.5, 0.6) is 0 Å². The van der Waals surface area contributed by atoms with Crippen molar-refractivity contribution in [2.24, 2.45) is 0 Å². The molecule has 0 fully saturated rings. The van der Waals surface area contributed by atoms with Crippen LogP contribution in [0.2, 0.25) is 0 Å². The zero-order valence-corrected chi connectivity index (χ0v) is 13.3. The van der Waals surface area contributed by atoms with Gasteiger partial charge in [0, 0.05) is 42.7 Å². The van der Waals surface area contributed by atoms with Gasteiger partial charge in [0.25, 0.3) is 11.9 Å². The van der Waals surface area contributed by atoms with Crippen molar-refractivity contribution < 1.29 is 28.4 Å². The minimum absolute atomic E-state index is 0.494. The summed E-state index contributed by atoms with van der Waals surface area (Å²) in [7, 11) is 12.2. The highest BCUT2D eigenvalue weighted by Crippen LogP contribution is 2.32. The van der Waals surface area contributed by atoms with Crippen molar-refractivity contribution in [1.29, 1.82) is 0 Å². The molecule has 0 amide bonds. The fraction of sp³-hybridized carbons (Fsp3) is 1.00. The lowest BCUT2D eigenvalue weighted by molar-refractivity contribution is -0.337. The Bertz CT molecular complexity index is 170. The maximum atomic E-state index is 5.18. The molecule has 0 unspecified atom stereocenters. The molecule has 0 rings (SSSR count). The molecule has 0 aliphatic rings. The van der Waals surface area contributed by atoms with E-state index in [1.54, 1.807) is 0 Å². The van der Waals surface area contributed by atoms with E-state index in [1.165, 1.54) is 64.2 Å². The Morgan fingerprint density at radius 3 is 0.944 bits per heavy atom. The van der Waals surface area contributed by atoms with E-state index in [1.807, 2.05) is 0 Å². The normalized spacial score (nSPS) is 13.0. The number of rotatable bonds is 11. The lowest BCUT2D eigenvalue weighted by Gasteiger charge is -2.30. The highest BCUT2D eigenvalue weighted by Gasteiger charge is 2.32. The molecule has 0 radical (unpaired) electrons. The summed E-state index contributed by atoms with van der Waals surface area (Å²) >= 11 is 0. The molecule has 18 heavy (non-hydrogen) atoms. The molecule has 6 nitrogen and oxygen atoms in total. The van der Waals surface area contributed by atoms with Crippen LogP contribution in [0.3, 0.4) is 0 Å². The van der Waals surface area contributed by atoms with E-state index < -0.39 is 11.9 Å². The second-order valence-electron chi connectivity index (χ2n) is 3.12. The van der Waals surface area contributed by atoms with Crippen LogP contribution in [0.25, 0.3) is 0 Å². The fourth-order valence-corrected chi connectivity index (χ4v) is 3.61. The number of hydrogen-bond acceptors (Lipinski definition) is 8. The third-order valence-corrected chi connectivity index (χ3v) is 4.74. The molecule has 110 valence electrons. The molecule has 0 saturated carbocycles. The molecule has 0 atom stereocenters. The first kappa shape index (κ1) is 18.5. The van der Waals surface area contributed by atoms with Crippen molar-refractivity contribution in [2.75, 3.05) is 54.2 Å². The summed E-state index contributed by atoms with van der Waals surface area (Å²) in [6.45, 7) is 0. The Labute approximate surface area is 116 Å². The molecule has 0 aliphatic heterocycles. The first-order valence-electron chi connectivity index (χ1n) is 5.13. The second kappa shape index (κ2) is 9.38. The largest absolute Gasteiger partial charge is 0.330 e. The molecule has 0 N–H and O–H groups in total. The quantitative estimate of drug-likeness (QED) is 0.324. The van der Waals surface area contributed by atoms with Crippen LogP contribution in [0.1, 0.15) is 0 Å². The van der Waals surface area contributed by atoms with Gasteiger partial charge in [-0.15, -0.1) is 0 Å². The van der Waals surface area contributed by atoms with Gasteiger partial charge in [0.05, 0.1) is 11.5 Å². The Balaban J connectivity index is 4.11. The van der Waals surface area contributed by atoms with Gasteiger partial charge in [0.2, 0.25) is 0 Å². The van der Waals surface area contributed by atoms with Crippen molar-refractivity contribution in [2.45, 2.75) is 11.9 Å². The van der Waals surface area contributed by atoms with E-state index in [0.717, 1.165) is 0 Å². The van der Waals surface area contributed by atoms with Gasteiger partial charge < -0.3 is 28.4 Å². The van der Waals surface area contributed by atoms with E-state index in [-0.39, 0.29) is 0 Å². The maximum Gasteiger partial charge on any atom is 0.292 e. The van der Waals surface area contributed by atoms with Gasteiger partial charge in [0.1, 0.15) is 0 Å². The van der Waals surface area contributed by atoms with Gasteiger partial charge in [-0.3, -0.25) is 0 Å². The monoisotopic (exact) mass is 302 g/mol. The smallest absolute Gasteiger partial charge is 0.292 e. The van der Waals surface area contributed by atoms with Crippen LogP contribution >= 0.6 is 21.6 Å². The number of ether oxygens (including phenoxy) is 6. The molecule has 0 aromatic heterocycles. The lowest BCUT2D eigenvalue weighted by Crippen LogP contribution is -2.39. The summed E-state index contributed by atoms with van der Waals surface area (Å²) < 4.78 is 31.1. The van der Waals surface area contributed by atoms with Crippen LogP contribution in [-0.2, 0) is 28.4 Å². The molecular formula is C10H22O6S2. The highest BCUT2D eigenvalue weighted by atomic mass is 33.1. The summed E-state index contributed by atoms with van der Waals surface area (Å²) in [4.78, 5) is 0. The van der Waals surface area contributed by atoms with Gasteiger partial charge in [-0.2, -0.15) is 0 Å². The molecule has 0 aromatic carbocycles. The Morgan fingerprint density at radius 2 is 0.778 bits per heavy atom. The molecular weight excluding hydrogens is 280 g/mol. The Hall–Kier alpha value is 0.460. The third kappa shape index (κ3) is 5.22. The van der Waals surface area contributed by atoms with Gasteiger partial charge in [-0.1, -0.05) is 21.6 Å². The SMILES string of the molecule is COC(CSSCC(OC)(OC)OC)(OC)OC. The summed E-state index contributed by atoms with van der Waals surface area (Å²) in [5, 5.41) is 0. The minimum Gasteiger partial charge on any atom is -0.330 e. The van der Waals surface area contributed by atoms with Gasteiger partial charge in [0.15, 0.2) is 0 Å². The average molecular weight is 302 g/mol. The molecule has 0 bridgehead atoms. The molecule has 0 heterocycles. The van der Waals surface area contributed by atoms with Crippen molar-refractivity contribution in [3.05, 3.63) is 0 Å². The predicted octanol–water partition coefficient (Wildman–Crippen LogP) is 1.55. The fourth-order valence-electron chi connectivity index (χ4n) is 1.08. The van der Waals surface area contributed by atoms with Crippen molar-refractivity contribution in [1.82, 2.24) is 0 Å². The zero-order valence-electron chi connectivity index (χ0n) is 11.7. The highest BCUT2D eigenvalue weighted by molar-refractivity contribution is 8.76. The van der Waals surface area contributed by atoms with Gasteiger partial charge in [-0.25, -0.2) is 0 Å². The van der Waals surface area contributed by atoms with Crippen molar-refractivity contribution in [3.63, 3.8) is 0 Å². The van der Waals surface area contributed by atoms with Crippen LogP contribution in [-0.4, -0.2) is 66.1 Å². The Morgan fingerprint density at radius 1 is 0.556 bits per heavy atom. The van der Waals surface area contributed by atoms with Gasteiger partial charge in [-0.05, 0) is 0 Å². The maximum absolute atomic E-state index is 5.18. The molecule has 0 aliphatic carbocycles. The van der Waals surface area contributed by atoms with Gasteiger partial charge >= 0.3 is 0 Å². The summed E-state index contributed by atoms with van der Waals surface area (Å²) in [5.41, 5.74) is 0. The summed E-state index contributed by atoms with van der Waals surface area (Å²) in [6, 6.07) is 0. The summed E-state index contributed by atoms with van der Waals surface area (Å²) in [5.74, 6) is -1.08. The van der Waals surface area contributed by atoms with E-state index >= 15 is 0 Å². The number of methoxy groups -OCH3 is 6. The first-order valence-corrected chi connectivity index (χ1v) is 7.61. The van der Waals surface area contributed by atoms with Crippen LogP contribution in [0.4, 0.5) is 0 Å². The average Bonchev–Trinajstić information content (AvgIpc) is 2.45. The third-order valence-electron chi connectivity index (χ3n) is 2.42. The molecule has 8 heteroatoms. The molecule has 0 saturated heterocycles. The van der Waals surface area contributed by atoms with Crippen LogP contribution in [0.15, 0.2) is 0 Å². The molecule has 0 aromatic rings. The van der Waals surface area contributed by atoms with Crippen molar-refractivity contribution in [3.8, 4) is 0 Å². The van der Waals surface area contributed by atoms with E-state index in [0.29, 0.717) is 11.5 Å². The van der Waals surface area contributed by atoms with Crippen LogP contribution < -0.4 is 0 Å². The van der Waals surface area contributed by atoms with E-state index in [2.05, 4.69) is 0 Å². The standard InChI is InChI=1S/C10H22O6S2/c1-11-9(12-2,13-3)7-17-18-8-10(14-4,15-5)16-6/h7-8H2,1-6H3. The van der Waals surface area contributed by atoms with E-state index in [4.69, 9.17) is 28.4 Å².